The molecule has 0 saturated carbocycles. The molecule has 0 spiro atoms. The molecule has 0 aromatic heterocycles. The van der Waals surface area contributed by atoms with E-state index in [0.29, 0.717) is 0 Å². The Labute approximate surface area is 132 Å². The monoisotopic (exact) mass is 338 g/mol. The van der Waals surface area contributed by atoms with Gasteiger partial charge < -0.3 is 5.32 Å². The van der Waals surface area contributed by atoms with Crippen LogP contribution in [0.2, 0.25) is 0 Å². The first kappa shape index (κ1) is 16.0. The molecule has 1 aromatic carbocycles. The topological polar surface area (TPSA) is 15.3 Å². The average molecular weight is 339 g/mol. The van der Waals surface area contributed by atoms with Crippen molar-refractivity contribution < 1.29 is 0 Å². The van der Waals surface area contributed by atoms with E-state index in [4.69, 9.17) is 0 Å². The Balaban J connectivity index is 1.80. The van der Waals surface area contributed by atoms with E-state index in [9.17, 15) is 0 Å². The van der Waals surface area contributed by atoms with Crippen molar-refractivity contribution in [2.75, 3.05) is 26.2 Å². The third-order valence-electron chi connectivity index (χ3n) is 3.94. The molecule has 0 aliphatic carbocycles. The van der Waals surface area contributed by atoms with Crippen LogP contribution in [0.15, 0.2) is 28.7 Å². The Kier molecular flexibility index (Phi) is 6.53. The fraction of sp³-hybridized carbons (Fsp3) is 0.647. The van der Waals surface area contributed by atoms with Crippen molar-refractivity contribution in [3.8, 4) is 0 Å². The maximum Gasteiger partial charge on any atom is 0.0245 e. The van der Waals surface area contributed by atoms with Crippen LogP contribution < -0.4 is 5.32 Å². The molecule has 0 bridgehead atoms. The lowest BCUT2D eigenvalue weighted by atomic mass is 9.97. The van der Waals surface area contributed by atoms with Gasteiger partial charge in [0.2, 0.25) is 0 Å². The van der Waals surface area contributed by atoms with Crippen molar-refractivity contribution in [3.63, 3.8) is 0 Å². The molecule has 1 aliphatic rings. The third-order valence-corrected chi connectivity index (χ3v) is 4.71. The van der Waals surface area contributed by atoms with Gasteiger partial charge in [-0.1, -0.05) is 48.0 Å². The molecule has 3 heteroatoms. The molecule has 1 saturated heterocycles. The largest absolute Gasteiger partial charge is 0.316 e. The van der Waals surface area contributed by atoms with E-state index in [-0.39, 0.29) is 0 Å². The number of hydrogen-bond donors (Lipinski definition) is 1. The number of halogens is 1. The molecule has 1 heterocycles. The average Bonchev–Trinajstić information content (AvgIpc) is 2.41. The predicted octanol–water partition coefficient (Wildman–Crippen LogP) is 3.91. The van der Waals surface area contributed by atoms with Crippen molar-refractivity contribution in [2.45, 2.75) is 33.2 Å². The fourth-order valence-corrected chi connectivity index (χ4v) is 3.32. The van der Waals surface area contributed by atoms with Crippen LogP contribution in [0.5, 0.6) is 0 Å². The Morgan fingerprint density at radius 1 is 1.35 bits per heavy atom. The van der Waals surface area contributed by atoms with Gasteiger partial charge in [-0.05, 0) is 55.9 Å². The highest BCUT2D eigenvalue weighted by molar-refractivity contribution is 9.10. The Bertz CT molecular complexity index is 406. The Morgan fingerprint density at radius 2 is 2.15 bits per heavy atom. The number of nitrogens with one attached hydrogen (secondary N) is 1. The number of hydrogen-bond acceptors (Lipinski definition) is 2. The number of rotatable bonds is 6. The lowest BCUT2D eigenvalue weighted by molar-refractivity contribution is 0.164. The van der Waals surface area contributed by atoms with Crippen molar-refractivity contribution in [1.29, 1.82) is 0 Å². The van der Waals surface area contributed by atoms with Crippen molar-refractivity contribution in [1.82, 2.24) is 10.2 Å². The molecule has 112 valence electrons. The molecule has 2 rings (SSSR count). The first-order valence-electron chi connectivity index (χ1n) is 7.81. The molecule has 1 aromatic rings. The standard InChI is InChI=1S/C17H27BrN2/c1-14(2)10-19-11-15-6-5-9-20(12-15)13-16-7-3-4-8-17(16)18/h3-4,7-8,14-15,19H,5-6,9-13H2,1-2H3. The maximum absolute atomic E-state index is 3.66. The van der Waals surface area contributed by atoms with E-state index < -0.39 is 0 Å². The summed E-state index contributed by atoms with van der Waals surface area (Å²) in [6.45, 7) is 10.4. The smallest absolute Gasteiger partial charge is 0.0245 e. The Morgan fingerprint density at radius 3 is 2.90 bits per heavy atom. The SMILES string of the molecule is CC(C)CNCC1CCCN(Cc2ccccc2Br)C1. The van der Waals surface area contributed by atoms with Crippen LogP contribution in [-0.4, -0.2) is 31.1 Å². The predicted molar refractivity (Wildman–Crippen MR) is 89.9 cm³/mol. The van der Waals surface area contributed by atoms with Gasteiger partial charge in [0.15, 0.2) is 0 Å². The fourth-order valence-electron chi connectivity index (χ4n) is 2.91. The minimum atomic E-state index is 0.745. The number of benzene rings is 1. The molecule has 1 unspecified atom stereocenters. The van der Waals surface area contributed by atoms with Crippen LogP contribution in [0.1, 0.15) is 32.3 Å². The molecular formula is C17H27BrN2. The molecule has 1 fully saturated rings. The van der Waals surface area contributed by atoms with E-state index in [1.54, 1.807) is 0 Å². The summed E-state index contributed by atoms with van der Waals surface area (Å²) in [5.74, 6) is 1.56. The summed E-state index contributed by atoms with van der Waals surface area (Å²) in [6, 6.07) is 8.58. The van der Waals surface area contributed by atoms with Crippen LogP contribution in [0.25, 0.3) is 0 Å². The van der Waals surface area contributed by atoms with E-state index >= 15 is 0 Å². The van der Waals surface area contributed by atoms with Crippen LogP contribution in [-0.2, 0) is 6.54 Å². The maximum atomic E-state index is 3.66. The zero-order chi connectivity index (χ0) is 14.4. The minimum Gasteiger partial charge on any atom is -0.316 e. The zero-order valence-electron chi connectivity index (χ0n) is 12.7. The molecule has 2 nitrogen and oxygen atoms in total. The van der Waals surface area contributed by atoms with Gasteiger partial charge in [-0.15, -0.1) is 0 Å². The van der Waals surface area contributed by atoms with Gasteiger partial charge in [-0.3, -0.25) is 4.90 Å². The van der Waals surface area contributed by atoms with Gasteiger partial charge in [0.05, 0.1) is 0 Å². The van der Waals surface area contributed by atoms with Gasteiger partial charge in [0, 0.05) is 17.6 Å². The lowest BCUT2D eigenvalue weighted by Gasteiger charge is -2.33. The summed E-state index contributed by atoms with van der Waals surface area (Å²) in [4.78, 5) is 2.60. The van der Waals surface area contributed by atoms with E-state index in [2.05, 4.69) is 64.3 Å². The van der Waals surface area contributed by atoms with Crippen LogP contribution in [0, 0.1) is 11.8 Å². The summed E-state index contributed by atoms with van der Waals surface area (Å²) >= 11 is 3.66. The molecular weight excluding hydrogens is 312 g/mol. The summed E-state index contributed by atoms with van der Waals surface area (Å²) in [5.41, 5.74) is 1.41. The summed E-state index contributed by atoms with van der Waals surface area (Å²) < 4.78 is 1.24. The zero-order valence-corrected chi connectivity index (χ0v) is 14.3. The van der Waals surface area contributed by atoms with Crippen LogP contribution in [0.3, 0.4) is 0 Å². The van der Waals surface area contributed by atoms with Crippen molar-refractivity contribution in [3.05, 3.63) is 34.3 Å². The van der Waals surface area contributed by atoms with Gasteiger partial charge in [-0.25, -0.2) is 0 Å². The second-order valence-electron chi connectivity index (χ2n) is 6.39. The van der Waals surface area contributed by atoms with Gasteiger partial charge in [-0.2, -0.15) is 0 Å². The van der Waals surface area contributed by atoms with Crippen molar-refractivity contribution >= 4 is 15.9 Å². The molecule has 0 amide bonds. The minimum absolute atomic E-state index is 0.745. The molecule has 0 radical (unpaired) electrons. The quantitative estimate of drug-likeness (QED) is 0.845. The first-order chi connectivity index (χ1) is 9.65. The van der Waals surface area contributed by atoms with Gasteiger partial charge in [0.1, 0.15) is 0 Å². The van der Waals surface area contributed by atoms with Crippen LogP contribution in [0.4, 0.5) is 0 Å². The number of likely N-dealkylation sites (tertiary alicyclic amines) is 1. The Hall–Kier alpha value is -0.380. The summed E-state index contributed by atoms with van der Waals surface area (Å²) in [7, 11) is 0. The number of nitrogens with zero attached hydrogens (tertiary/aromatic N) is 1. The molecule has 1 N–H and O–H groups in total. The van der Waals surface area contributed by atoms with E-state index in [1.165, 1.54) is 42.5 Å². The van der Waals surface area contributed by atoms with Gasteiger partial charge >= 0.3 is 0 Å². The normalized spacial score (nSPS) is 20.5. The lowest BCUT2D eigenvalue weighted by Crippen LogP contribution is -2.39. The number of piperidine rings is 1. The second kappa shape index (κ2) is 8.16. The summed E-state index contributed by atoms with van der Waals surface area (Å²) in [5, 5.41) is 3.61. The summed E-state index contributed by atoms with van der Waals surface area (Å²) in [6.07, 6.45) is 2.70. The van der Waals surface area contributed by atoms with E-state index in [0.717, 1.165) is 24.9 Å². The van der Waals surface area contributed by atoms with E-state index in [1.807, 2.05) is 0 Å². The highest BCUT2D eigenvalue weighted by Crippen LogP contribution is 2.22. The third kappa shape index (κ3) is 5.19. The highest BCUT2D eigenvalue weighted by Gasteiger charge is 2.20. The molecule has 1 aliphatic heterocycles. The first-order valence-corrected chi connectivity index (χ1v) is 8.61. The van der Waals surface area contributed by atoms with Crippen LogP contribution >= 0.6 is 15.9 Å². The van der Waals surface area contributed by atoms with Crippen molar-refractivity contribution in [2.24, 2.45) is 11.8 Å². The second-order valence-corrected chi connectivity index (χ2v) is 7.24. The highest BCUT2D eigenvalue weighted by atomic mass is 79.9. The van der Waals surface area contributed by atoms with Gasteiger partial charge in [0.25, 0.3) is 0 Å². The molecule has 20 heavy (non-hydrogen) atoms. The molecule has 1 atom stereocenters.